The number of primary amides is 1. The number of hydrogen-bond donors (Lipinski definition) is 2. The summed E-state index contributed by atoms with van der Waals surface area (Å²) < 4.78 is 0. The highest BCUT2D eigenvalue weighted by Crippen LogP contribution is 2.21. The Balaban J connectivity index is 1.81. The van der Waals surface area contributed by atoms with E-state index in [1.165, 1.54) is 0 Å². The average molecular weight is 309 g/mol. The minimum Gasteiger partial charge on any atom is -0.368 e. The predicted molar refractivity (Wildman–Crippen MR) is 83.2 cm³/mol. The number of nitrogens with zero attached hydrogens (tertiary/aromatic N) is 1. The van der Waals surface area contributed by atoms with Crippen LogP contribution in [-0.2, 0) is 11.2 Å². The van der Waals surface area contributed by atoms with Crippen molar-refractivity contribution in [1.82, 2.24) is 10.4 Å². The van der Waals surface area contributed by atoms with Crippen molar-refractivity contribution in [2.75, 3.05) is 0 Å². The lowest BCUT2D eigenvalue weighted by molar-refractivity contribution is -0.120. The molecule has 1 unspecified atom stereocenters. The fourth-order valence-corrected chi connectivity index (χ4v) is 2.52. The molecule has 2 aromatic rings. The molecule has 116 valence electrons. The zero-order valence-electron chi connectivity index (χ0n) is 12.2. The predicted octanol–water partition coefficient (Wildman–Crippen LogP) is 0.884. The number of carbonyl (C=O) groups excluding carboxylic acids is 3. The van der Waals surface area contributed by atoms with Crippen LogP contribution in [0.5, 0.6) is 0 Å². The maximum absolute atomic E-state index is 12.3. The molecule has 0 spiro atoms. The first-order valence-electron chi connectivity index (χ1n) is 7.15. The van der Waals surface area contributed by atoms with E-state index in [0.29, 0.717) is 11.1 Å². The van der Waals surface area contributed by atoms with E-state index < -0.39 is 23.8 Å². The van der Waals surface area contributed by atoms with Crippen LogP contribution in [-0.4, -0.2) is 28.8 Å². The van der Waals surface area contributed by atoms with Crippen LogP contribution in [0.15, 0.2) is 54.6 Å². The van der Waals surface area contributed by atoms with E-state index in [2.05, 4.69) is 5.43 Å². The van der Waals surface area contributed by atoms with Crippen LogP contribution in [0.3, 0.4) is 0 Å². The molecule has 0 saturated carbocycles. The van der Waals surface area contributed by atoms with Crippen molar-refractivity contribution in [3.05, 3.63) is 71.3 Å². The molecule has 1 aliphatic heterocycles. The van der Waals surface area contributed by atoms with E-state index in [-0.39, 0.29) is 6.42 Å². The molecule has 0 aromatic heterocycles. The third-order valence-corrected chi connectivity index (χ3v) is 3.71. The summed E-state index contributed by atoms with van der Waals surface area (Å²) >= 11 is 0. The molecule has 1 aliphatic rings. The molecule has 3 amide bonds. The maximum atomic E-state index is 12.3. The number of nitrogens with one attached hydrogen (secondary N) is 1. The number of carbonyl (C=O) groups is 3. The van der Waals surface area contributed by atoms with E-state index in [4.69, 9.17) is 5.73 Å². The Morgan fingerprint density at radius 3 is 2.00 bits per heavy atom. The van der Waals surface area contributed by atoms with Crippen molar-refractivity contribution in [2.45, 2.75) is 12.5 Å². The van der Waals surface area contributed by atoms with E-state index in [0.717, 1.165) is 10.6 Å². The Kier molecular flexibility index (Phi) is 3.91. The summed E-state index contributed by atoms with van der Waals surface area (Å²) in [5.41, 5.74) is 9.58. The third-order valence-electron chi connectivity index (χ3n) is 3.71. The second kappa shape index (κ2) is 6.02. The number of imide groups is 1. The number of nitrogens with two attached hydrogens (primary N) is 1. The van der Waals surface area contributed by atoms with Gasteiger partial charge in [-0.25, -0.2) is 10.4 Å². The highest BCUT2D eigenvalue weighted by atomic mass is 16.2. The number of benzene rings is 2. The number of rotatable bonds is 5. The van der Waals surface area contributed by atoms with Crippen LogP contribution >= 0.6 is 0 Å². The summed E-state index contributed by atoms with van der Waals surface area (Å²) in [5.74, 6) is -1.60. The van der Waals surface area contributed by atoms with Crippen molar-refractivity contribution in [1.29, 1.82) is 0 Å². The molecule has 6 heteroatoms. The van der Waals surface area contributed by atoms with E-state index >= 15 is 0 Å². The quantitative estimate of drug-likeness (QED) is 0.802. The van der Waals surface area contributed by atoms with E-state index in [9.17, 15) is 14.4 Å². The molecule has 3 N–H and O–H groups in total. The molecule has 0 saturated heterocycles. The molecular weight excluding hydrogens is 294 g/mol. The van der Waals surface area contributed by atoms with Crippen LogP contribution in [0.25, 0.3) is 0 Å². The highest BCUT2D eigenvalue weighted by Gasteiger charge is 2.37. The summed E-state index contributed by atoms with van der Waals surface area (Å²) in [4.78, 5) is 36.3. The van der Waals surface area contributed by atoms with Crippen LogP contribution < -0.4 is 11.2 Å². The van der Waals surface area contributed by atoms with E-state index in [1.807, 2.05) is 30.3 Å². The number of hydrogen-bond acceptors (Lipinski definition) is 4. The zero-order chi connectivity index (χ0) is 16.4. The van der Waals surface area contributed by atoms with Gasteiger partial charge >= 0.3 is 0 Å². The van der Waals surface area contributed by atoms with Crippen LogP contribution in [0.4, 0.5) is 0 Å². The second-order valence-corrected chi connectivity index (χ2v) is 5.27. The first-order valence-corrected chi connectivity index (χ1v) is 7.15. The molecule has 0 fully saturated rings. The van der Waals surface area contributed by atoms with Gasteiger partial charge in [-0.15, -0.1) is 0 Å². The number of amides is 3. The van der Waals surface area contributed by atoms with Crippen LogP contribution in [0, 0.1) is 0 Å². The summed E-state index contributed by atoms with van der Waals surface area (Å²) in [6.07, 6.45) is 0.281. The minimum absolute atomic E-state index is 0.281. The maximum Gasteiger partial charge on any atom is 0.276 e. The van der Waals surface area contributed by atoms with Gasteiger partial charge < -0.3 is 5.73 Å². The Hall–Kier alpha value is -2.99. The van der Waals surface area contributed by atoms with Gasteiger partial charge in [-0.05, 0) is 24.1 Å². The Labute approximate surface area is 132 Å². The van der Waals surface area contributed by atoms with Gasteiger partial charge in [0.2, 0.25) is 5.91 Å². The van der Waals surface area contributed by atoms with Crippen molar-refractivity contribution >= 4 is 17.7 Å². The fourth-order valence-electron chi connectivity index (χ4n) is 2.52. The fraction of sp³-hybridized carbons (Fsp3) is 0.118. The van der Waals surface area contributed by atoms with E-state index in [1.54, 1.807) is 24.3 Å². The molecule has 1 atom stereocenters. The molecule has 1 heterocycles. The number of hydrazine groups is 1. The summed E-state index contributed by atoms with van der Waals surface area (Å²) in [6, 6.07) is 14.9. The van der Waals surface area contributed by atoms with Crippen molar-refractivity contribution in [2.24, 2.45) is 5.73 Å². The smallest absolute Gasteiger partial charge is 0.276 e. The van der Waals surface area contributed by atoms with Gasteiger partial charge in [0.25, 0.3) is 11.8 Å². The molecule has 3 rings (SSSR count). The van der Waals surface area contributed by atoms with Gasteiger partial charge in [0, 0.05) is 0 Å². The highest BCUT2D eigenvalue weighted by molar-refractivity contribution is 6.21. The van der Waals surface area contributed by atoms with Gasteiger partial charge in [-0.3, -0.25) is 14.4 Å². The third kappa shape index (κ3) is 2.84. The largest absolute Gasteiger partial charge is 0.368 e. The minimum atomic E-state index is -0.861. The zero-order valence-corrected chi connectivity index (χ0v) is 12.2. The molecule has 0 aliphatic carbocycles. The molecule has 23 heavy (non-hydrogen) atoms. The summed E-state index contributed by atoms with van der Waals surface area (Å²) in [5, 5.41) is 0.864. The Morgan fingerprint density at radius 2 is 1.48 bits per heavy atom. The number of fused-ring (bicyclic) bond motifs is 1. The monoisotopic (exact) mass is 309 g/mol. The molecule has 2 aromatic carbocycles. The molecular formula is C17H15N3O3. The van der Waals surface area contributed by atoms with Crippen molar-refractivity contribution in [3.63, 3.8) is 0 Å². The van der Waals surface area contributed by atoms with Crippen molar-refractivity contribution in [3.8, 4) is 0 Å². The summed E-state index contributed by atoms with van der Waals surface area (Å²) in [7, 11) is 0. The summed E-state index contributed by atoms with van der Waals surface area (Å²) in [6.45, 7) is 0. The van der Waals surface area contributed by atoms with Gasteiger partial charge in [-0.1, -0.05) is 42.5 Å². The van der Waals surface area contributed by atoms with Crippen molar-refractivity contribution < 1.29 is 14.4 Å². The second-order valence-electron chi connectivity index (χ2n) is 5.27. The normalized spacial score (nSPS) is 14.7. The molecule has 6 nitrogen and oxygen atoms in total. The lowest BCUT2D eigenvalue weighted by atomic mass is 10.1. The SMILES string of the molecule is NC(=O)C(Cc1ccccc1)NN1C(=O)c2ccccc2C1=O. The van der Waals surface area contributed by atoms with Gasteiger partial charge in [-0.2, -0.15) is 0 Å². The van der Waals surface area contributed by atoms with Gasteiger partial charge in [0.05, 0.1) is 11.1 Å². The standard InChI is InChI=1S/C17H15N3O3/c18-15(21)14(10-11-6-2-1-3-7-11)19-20-16(22)12-8-4-5-9-13(12)17(20)23/h1-9,14,19H,10H2,(H2,18,21). The molecule has 0 radical (unpaired) electrons. The van der Waals surface area contributed by atoms with Gasteiger partial charge in [0.15, 0.2) is 0 Å². The van der Waals surface area contributed by atoms with Gasteiger partial charge in [0.1, 0.15) is 6.04 Å². The van der Waals surface area contributed by atoms with Crippen LogP contribution in [0.2, 0.25) is 0 Å². The first-order chi connectivity index (χ1) is 11.1. The average Bonchev–Trinajstić information content (AvgIpc) is 2.80. The lowest BCUT2D eigenvalue weighted by Crippen LogP contribution is -2.53. The Bertz CT molecular complexity index is 739. The molecule has 0 bridgehead atoms. The lowest BCUT2D eigenvalue weighted by Gasteiger charge is -2.22. The Morgan fingerprint density at radius 1 is 0.957 bits per heavy atom. The topological polar surface area (TPSA) is 92.5 Å². The van der Waals surface area contributed by atoms with Crippen LogP contribution in [0.1, 0.15) is 26.3 Å². The first kappa shape index (κ1) is 14.9.